The molecule has 0 aliphatic carbocycles. The van der Waals surface area contributed by atoms with E-state index in [4.69, 9.17) is 0 Å². The highest BCUT2D eigenvalue weighted by molar-refractivity contribution is 14.0. The minimum absolute atomic E-state index is 0. The molecule has 1 fully saturated rings. The Morgan fingerprint density at radius 3 is 2.50 bits per heavy atom. The fraction of sp³-hybridized carbons (Fsp3) is 0.588. The first kappa shape index (κ1) is 19.1. The van der Waals surface area contributed by atoms with Gasteiger partial charge >= 0.3 is 0 Å². The number of aliphatic imine (C=N–C) groups is 1. The van der Waals surface area contributed by atoms with E-state index in [-0.39, 0.29) is 24.0 Å². The number of anilines is 1. The van der Waals surface area contributed by atoms with Crippen LogP contribution in [0.2, 0.25) is 0 Å². The number of likely N-dealkylation sites (tertiary alicyclic amines) is 1. The molecule has 2 N–H and O–H groups in total. The van der Waals surface area contributed by atoms with Crippen LogP contribution < -0.4 is 10.6 Å². The third-order valence-corrected chi connectivity index (χ3v) is 4.03. The van der Waals surface area contributed by atoms with Gasteiger partial charge in [-0.3, -0.25) is 4.99 Å². The van der Waals surface area contributed by atoms with E-state index in [1.54, 1.807) is 0 Å². The van der Waals surface area contributed by atoms with Crippen LogP contribution in [0, 0.1) is 5.92 Å². The van der Waals surface area contributed by atoms with Crippen LogP contribution in [0.3, 0.4) is 0 Å². The Morgan fingerprint density at radius 1 is 1.18 bits per heavy atom. The summed E-state index contributed by atoms with van der Waals surface area (Å²) in [5.74, 6) is 1.91. The zero-order chi connectivity index (χ0) is 14.9. The van der Waals surface area contributed by atoms with Gasteiger partial charge in [0.15, 0.2) is 5.96 Å². The molecular weight excluding hydrogens is 387 g/mol. The fourth-order valence-corrected chi connectivity index (χ4v) is 2.63. The normalized spacial score (nSPS) is 16.1. The lowest BCUT2D eigenvalue weighted by Crippen LogP contribution is -2.45. The van der Waals surface area contributed by atoms with Crippen LogP contribution in [0.1, 0.15) is 26.2 Å². The Morgan fingerprint density at radius 2 is 1.86 bits per heavy atom. The van der Waals surface area contributed by atoms with E-state index in [0.29, 0.717) is 0 Å². The maximum absolute atomic E-state index is 4.40. The first-order chi connectivity index (χ1) is 10.3. The van der Waals surface area contributed by atoms with E-state index in [0.717, 1.165) is 44.5 Å². The number of hydrogen-bond acceptors (Lipinski definition) is 2. The summed E-state index contributed by atoms with van der Waals surface area (Å²) in [6.07, 6.45) is 3.63. The predicted molar refractivity (Wildman–Crippen MR) is 106 cm³/mol. The van der Waals surface area contributed by atoms with Crippen LogP contribution in [0.15, 0.2) is 35.3 Å². The van der Waals surface area contributed by atoms with Gasteiger partial charge < -0.3 is 15.5 Å². The summed E-state index contributed by atoms with van der Waals surface area (Å²) in [6.45, 7) is 6.53. The quantitative estimate of drug-likeness (QED) is 0.335. The summed E-state index contributed by atoms with van der Waals surface area (Å²) in [4.78, 5) is 6.78. The predicted octanol–water partition coefficient (Wildman–Crippen LogP) is 3.41. The average molecular weight is 416 g/mol. The minimum Gasteiger partial charge on any atom is -0.385 e. The number of hydrogen-bond donors (Lipinski definition) is 2. The standard InChI is InChI=1S/C17H28N4.HI/c1-15-9-13-21(14-10-15)17(18-2)20-12-6-11-19-16-7-4-3-5-8-16;/h3-5,7-8,15,19H,6,9-14H2,1-2H3,(H,18,20);1H. The van der Waals surface area contributed by atoms with Crippen molar-refractivity contribution in [1.82, 2.24) is 10.2 Å². The van der Waals surface area contributed by atoms with Crippen LogP contribution in [0.4, 0.5) is 5.69 Å². The Balaban J connectivity index is 0.00000242. The Bertz CT molecular complexity index is 428. The van der Waals surface area contributed by atoms with E-state index in [2.05, 4.69) is 51.7 Å². The summed E-state index contributed by atoms with van der Waals surface area (Å²) in [5, 5.41) is 6.90. The van der Waals surface area contributed by atoms with Crippen molar-refractivity contribution >= 4 is 35.6 Å². The molecule has 1 aromatic rings. The number of rotatable bonds is 5. The van der Waals surface area contributed by atoms with Crippen molar-refractivity contribution < 1.29 is 0 Å². The van der Waals surface area contributed by atoms with Crippen molar-refractivity contribution in [1.29, 1.82) is 0 Å². The van der Waals surface area contributed by atoms with Gasteiger partial charge in [0.1, 0.15) is 0 Å². The molecule has 22 heavy (non-hydrogen) atoms. The van der Waals surface area contributed by atoms with Gasteiger partial charge in [0.05, 0.1) is 0 Å². The second kappa shape index (κ2) is 10.7. The minimum atomic E-state index is 0. The number of piperidine rings is 1. The second-order valence-electron chi connectivity index (χ2n) is 5.79. The van der Waals surface area contributed by atoms with Gasteiger partial charge in [-0.05, 0) is 37.3 Å². The van der Waals surface area contributed by atoms with Crippen molar-refractivity contribution in [2.75, 3.05) is 38.5 Å². The van der Waals surface area contributed by atoms with Crippen LogP contribution in [-0.2, 0) is 0 Å². The molecule has 0 radical (unpaired) electrons. The number of benzene rings is 1. The van der Waals surface area contributed by atoms with Crippen LogP contribution in [0.5, 0.6) is 0 Å². The highest BCUT2D eigenvalue weighted by Gasteiger charge is 2.17. The fourth-order valence-electron chi connectivity index (χ4n) is 2.63. The molecule has 0 amide bonds. The highest BCUT2D eigenvalue weighted by Crippen LogP contribution is 2.15. The van der Waals surface area contributed by atoms with E-state index in [9.17, 15) is 0 Å². The highest BCUT2D eigenvalue weighted by atomic mass is 127. The van der Waals surface area contributed by atoms with Crippen molar-refractivity contribution in [2.24, 2.45) is 10.9 Å². The van der Waals surface area contributed by atoms with E-state index in [1.807, 2.05) is 13.1 Å². The largest absolute Gasteiger partial charge is 0.385 e. The van der Waals surface area contributed by atoms with Gasteiger partial charge in [-0.15, -0.1) is 24.0 Å². The average Bonchev–Trinajstić information content (AvgIpc) is 2.53. The Kier molecular flexibility index (Phi) is 9.27. The van der Waals surface area contributed by atoms with Gasteiger partial charge in [-0.25, -0.2) is 0 Å². The summed E-state index contributed by atoms with van der Waals surface area (Å²) < 4.78 is 0. The molecule has 0 unspecified atom stereocenters. The molecule has 0 bridgehead atoms. The van der Waals surface area contributed by atoms with Gasteiger partial charge in [0, 0.05) is 38.9 Å². The molecule has 0 atom stereocenters. The zero-order valence-corrected chi connectivity index (χ0v) is 16.0. The third-order valence-electron chi connectivity index (χ3n) is 4.03. The molecule has 1 heterocycles. The molecule has 0 spiro atoms. The zero-order valence-electron chi connectivity index (χ0n) is 13.7. The van der Waals surface area contributed by atoms with E-state index < -0.39 is 0 Å². The van der Waals surface area contributed by atoms with E-state index >= 15 is 0 Å². The molecule has 0 saturated carbocycles. The molecule has 4 nitrogen and oxygen atoms in total. The van der Waals surface area contributed by atoms with Crippen molar-refractivity contribution in [3.05, 3.63) is 30.3 Å². The molecular formula is C17H29IN4. The number of nitrogens with one attached hydrogen (secondary N) is 2. The molecule has 1 aliphatic rings. The maximum Gasteiger partial charge on any atom is 0.193 e. The second-order valence-corrected chi connectivity index (χ2v) is 5.79. The van der Waals surface area contributed by atoms with Crippen LogP contribution >= 0.6 is 24.0 Å². The van der Waals surface area contributed by atoms with Crippen LogP contribution in [0.25, 0.3) is 0 Å². The molecule has 1 saturated heterocycles. The van der Waals surface area contributed by atoms with Gasteiger partial charge in [-0.2, -0.15) is 0 Å². The SMILES string of the molecule is CN=C(NCCCNc1ccccc1)N1CCC(C)CC1.I. The Hall–Kier alpha value is -0.980. The number of nitrogens with zero attached hydrogens (tertiary/aromatic N) is 2. The van der Waals surface area contributed by atoms with Crippen molar-refractivity contribution in [3.8, 4) is 0 Å². The third kappa shape index (κ3) is 6.42. The topological polar surface area (TPSA) is 39.7 Å². The van der Waals surface area contributed by atoms with E-state index in [1.165, 1.54) is 18.5 Å². The molecule has 1 aliphatic heterocycles. The van der Waals surface area contributed by atoms with Crippen LogP contribution in [-0.4, -0.2) is 44.1 Å². The maximum atomic E-state index is 4.40. The summed E-state index contributed by atoms with van der Waals surface area (Å²) in [5.41, 5.74) is 1.19. The lowest BCUT2D eigenvalue weighted by Gasteiger charge is -2.32. The smallest absolute Gasteiger partial charge is 0.193 e. The monoisotopic (exact) mass is 416 g/mol. The number of halogens is 1. The van der Waals surface area contributed by atoms with Crippen molar-refractivity contribution in [2.45, 2.75) is 26.2 Å². The number of para-hydroxylation sites is 1. The molecule has 2 rings (SSSR count). The molecule has 0 aromatic heterocycles. The van der Waals surface area contributed by atoms with Gasteiger partial charge in [-0.1, -0.05) is 25.1 Å². The van der Waals surface area contributed by atoms with Gasteiger partial charge in [0.25, 0.3) is 0 Å². The first-order valence-electron chi connectivity index (χ1n) is 8.04. The Labute approximate surface area is 151 Å². The first-order valence-corrected chi connectivity index (χ1v) is 8.04. The lowest BCUT2D eigenvalue weighted by atomic mass is 10.00. The molecule has 1 aromatic carbocycles. The number of guanidine groups is 1. The molecule has 5 heteroatoms. The van der Waals surface area contributed by atoms with Gasteiger partial charge in [0.2, 0.25) is 0 Å². The lowest BCUT2D eigenvalue weighted by molar-refractivity contribution is 0.273. The summed E-state index contributed by atoms with van der Waals surface area (Å²) >= 11 is 0. The summed E-state index contributed by atoms with van der Waals surface area (Å²) in [6, 6.07) is 10.3. The summed E-state index contributed by atoms with van der Waals surface area (Å²) in [7, 11) is 1.88. The van der Waals surface area contributed by atoms with Crippen molar-refractivity contribution in [3.63, 3.8) is 0 Å². The molecule has 124 valence electrons.